The van der Waals surface area contributed by atoms with Crippen molar-refractivity contribution in [2.24, 2.45) is 5.10 Å². The number of rotatable bonds is 8. The third-order valence-electron chi connectivity index (χ3n) is 4.45. The number of methoxy groups -OCH3 is 1. The molecule has 0 heterocycles. The number of para-hydroxylation sites is 1. The highest BCUT2D eigenvalue weighted by Gasteiger charge is 2.12. The number of hydrogen-bond donors (Lipinski definition) is 2. The first-order valence-electron chi connectivity index (χ1n) is 9.76. The molecule has 3 rings (SSSR count). The molecule has 2 amide bonds. The zero-order valence-electron chi connectivity index (χ0n) is 17.4. The number of ether oxygens (including phenoxy) is 2. The number of hydrogen-bond acceptors (Lipinski definition) is 5. The molecule has 164 valence electrons. The van der Waals surface area contributed by atoms with Crippen molar-refractivity contribution in [3.63, 3.8) is 0 Å². The molecule has 2 N–H and O–H groups in total. The molecule has 0 saturated carbocycles. The van der Waals surface area contributed by atoms with Crippen molar-refractivity contribution in [3.05, 3.63) is 94.5 Å². The van der Waals surface area contributed by atoms with Gasteiger partial charge >= 0.3 is 11.8 Å². The van der Waals surface area contributed by atoms with Crippen LogP contribution in [0.5, 0.6) is 11.5 Å². The van der Waals surface area contributed by atoms with Crippen molar-refractivity contribution in [2.45, 2.75) is 13.2 Å². The third kappa shape index (κ3) is 6.58. The molecule has 0 fully saturated rings. The molecule has 3 aromatic rings. The van der Waals surface area contributed by atoms with Gasteiger partial charge in [-0.05, 0) is 35.9 Å². The molecule has 32 heavy (non-hydrogen) atoms. The maximum absolute atomic E-state index is 12.0. The highest BCUT2D eigenvalue weighted by atomic mass is 35.5. The lowest BCUT2D eigenvalue weighted by Crippen LogP contribution is -2.37. The van der Waals surface area contributed by atoms with Crippen molar-refractivity contribution in [3.8, 4) is 11.5 Å². The predicted octanol–water partition coefficient (Wildman–Crippen LogP) is 3.69. The minimum atomic E-state index is -0.871. The SMILES string of the molecule is COc1ccc(CNC(=O)C(=O)N/N=C\c2ccccc2OCc2ccccc2Cl)cc1. The number of amides is 2. The summed E-state index contributed by atoms with van der Waals surface area (Å²) in [4.78, 5) is 24.0. The second-order valence-electron chi connectivity index (χ2n) is 6.65. The number of nitrogens with one attached hydrogen (secondary N) is 2. The normalized spacial score (nSPS) is 10.6. The van der Waals surface area contributed by atoms with Crippen LogP contribution in [0.15, 0.2) is 77.9 Å². The molecule has 7 nitrogen and oxygen atoms in total. The summed E-state index contributed by atoms with van der Waals surface area (Å²) < 4.78 is 10.9. The summed E-state index contributed by atoms with van der Waals surface area (Å²) >= 11 is 6.16. The van der Waals surface area contributed by atoms with Crippen LogP contribution in [0.1, 0.15) is 16.7 Å². The smallest absolute Gasteiger partial charge is 0.329 e. The van der Waals surface area contributed by atoms with E-state index < -0.39 is 11.8 Å². The van der Waals surface area contributed by atoms with Gasteiger partial charge in [-0.1, -0.05) is 54.1 Å². The predicted molar refractivity (Wildman–Crippen MR) is 123 cm³/mol. The van der Waals surface area contributed by atoms with Crippen LogP contribution < -0.4 is 20.2 Å². The zero-order chi connectivity index (χ0) is 22.8. The molecule has 8 heteroatoms. The lowest BCUT2D eigenvalue weighted by Gasteiger charge is -2.10. The van der Waals surface area contributed by atoms with E-state index in [2.05, 4.69) is 15.8 Å². The zero-order valence-corrected chi connectivity index (χ0v) is 18.1. The van der Waals surface area contributed by atoms with Crippen LogP contribution in [0.4, 0.5) is 0 Å². The van der Waals surface area contributed by atoms with Gasteiger partial charge in [0.2, 0.25) is 0 Å². The number of nitrogens with zero attached hydrogens (tertiary/aromatic N) is 1. The van der Waals surface area contributed by atoms with Crippen LogP contribution in [0.3, 0.4) is 0 Å². The highest BCUT2D eigenvalue weighted by Crippen LogP contribution is 2.21. The van der Waals surface area contributed by atoms with Crippen LogP contribution in [0, 0.1) is 0 Å². The second kappa shape index (κ2) is 11.5. The van der Waals surface area contributed by atoms with E-state index in [4.69, 9.17) is 21.1 Å². The molecular weight excluding hydrogens is 430 g/mol. The fourth-order valence-electron chi connectivity index (χ4n) is 2.71. The minimum absolute atomic E-state index is 0.207. The number of carbonyl (C=O) groups excluding carboxylic acids is 2. The summed E-state index contributed by atoms with van der Waals surface area (Å²) in [5, 5.41) is 7.02. The van der Waals surface area contributed by atoms with Gasteiger partial charge in [-0.25, -0.2) is 5.43 Å². The molecule has 0 saturated heterocycles. The van der Waals surface area contributed by atoms with Gasteiger partial charge in [-0.3, -0.25) is 9.59 Å². The lowest BCUT2D eigenvalue weighted by molar-refractivity contribution is -0.139. The molecule has 0 aliphatic carbocycles. The topological polar surface area (TPSA) is 89.0 Å². The average molecular weight is 452 g/mol. The maximum Gasteiger partial charge on any atom is 0.329 e. The first kappa shape index (κ1) is 22.8. The van der Waals surface area contributed by atoms with Crippen LogP contribution in [-0.2, 0) is 22.7 Å². The van der Waals surface area contributed by atoms with Gasteiger partial charge in [0.1, 0.15) is 18.1 Å². The lowest BCUT2D eigenvalue weighted by atomic mass is 10.2. The summed E-state index contributed by atoms with van der Waals surface area (Å²) in [5.74, 6) is -0.386. The fraction of sp³-hybridized carbons (Fsp3) is 0.125. The summed E-state index contributed by atoms with van der Waals surface area (Å²) in [6.45, 7) is 0.489. The minimum Gasteiger partial charge on any atom is -0.497 e. The molecule has 3 aromatic carbocycles. The van der Waals surface area contributed by atoms with Crippen LogP contribution in [0.25, 0.3) is 0 Å². The van der Waals surface area contributed by atoms with Crippen molar-refractivity contribution in [2.75, 3.05) is 7.11 Å². The molecule has 0 atom stereocenters. The summed E-state index contributed by atoms with van der Waals surface area (Å²) in [5.41, 5.74) is 4.54. The second-order valence-corrected chi connectivity index (χ2v) is 7.05. The molecule has 0 aliphatic rings. The quantitative estimate of drug-likeness (QED) is 0.310. The molecule has 0 bridgehead atoms. The van der Waals surface area contributed by atoms with E-state index in [1.807, 2.05) is 30.3 Å². The maximum atomic E-state index is 12.0. The van der Waals surface area contributed by atoms with E-state index in [0.29, 0.717) is 22.1 Å². The van der Waals surface area contributed by atoms with E-state index in [9.17, 15) is 9.59 Å². The summed E-state index contributed by atoms with van der Waals surface area (Å²) in [7, 11) is 1.57. The number of hydrazone groups is 1. The first-order chi connectivity index (χ1) is 15.6. The summed E-state index contributed by atoms with van der Waals surface area (Å²) in [6, 6.07) is 21.8. The Balaban J connectivity index is 1.51. The Labute approximate surface area is 191 Å². The van der Waals surface area contributed by atoms with E-state index in [-0.39, 0.29) is 13.2 Å². The van der Waals surface area contributed by atoms with Gasteiger partial charge in [0, 0.05) is 22.7 Å². The first-order valence-corrected chi connectivity index (χ1v) is 10.1. The fourth-order valence-corrected chi connectivity index (χ4v) is 2.90. The molecule has 0 aromatic heterocycles. The Morgan fingerprint density at radius 3 is 2.44 bits per heavy atom. The van der Waals surface area contributed by atoms with Crippen LogP contribution >= 0.6 is 11.6 Å². The monoisotopic (exact) mass is 451 g/mol. The van der Waals surface area contributed by atoms with E-state index in [0.717, 1.165) is 11.1 Å². The number of halogens is 1. The van der Waals surface area contributed by atoms with E-state index in [1.54, 1.807) is 49.6 Å². The van der Waals surface area contributed by atoms with Crippen molar-refractivity contribution < 1.29 is 19.1 Å². The van der Waals surface area contributed by atoms with E-state index in [1.165, 1.54) is 6.21 Å². The molecule has 0 radical (unpaired) electrons. The van der Waals surface area contributed by atoms with Crippen molar-refractivity contribution in [1.82, 2.24) is 10.7 Å². The van der Waals surface area contributed by atoms with Gasteiger partial charge in [-0.15, -0.1) is 0 Å². The third-order valence-corrected chi connectivity index (χ3v) is 4.82. The Hall–Kier alpha value is -3.84. The molecule has 0 aliphatic heterocycles. The highest BCUT2D eigenvalue weighted by molar-refractivity contribution is 6.35. The average Bonchev–Trinajstić information content (AvgIpc) is 2.83. The largest absolute Gasteiger partial charge is 0.497 e. The van der Waals surface area contributed by atoms with Gasteiger partial charge in [0.25, 0.3) is 0 Å². The van der Waals surface area contributed by atoms with Gasteiger partial charge in [0.05, 0.1) is 13.3 Å². The number of carbonyl (C=O) groups is 2. The van der Waals surface area contributed by atoms with Crippen LogP contribution in [-0.4, -0.2) is 25.1 Å². The molecule has 0 spiro atoms. The Morgan fingerprint density at radius 1 is 0.969 bits per heavy atom. The van der Waals surface area contributed by atoms with Crippen molar-refractivity contribution in [1.29, 1.82) is 0 Å². The van der Waals surface area contributed by atoms with Gasteiger partial charge < -0.3 is 14.8 Å². The number of benzene rings is 3. The van der Waals surface area contributed by atoms with Crippen molar-refractivity contribution >= 4 is 29.6 Å². The Kier molecular flexibility index (Phi) is 8.22. The van der Waals surface area contributed by atoms with Gasteiger partial charge in [-0.2, -0.15) is 5.10 Å². The van der Waals surface area contributed by atoms with E-state index >= 15 is 0 Å². The van der Waals surface area contributed by atoms with Crippen LogP contribution in [0.2, 0.25) is 5.02 Å². The Morgan fingerprint density at radius 2 is 1.69 bits per heavy atom. The molecular formula is C24H22ClN3O4. The van der Waals surface area contributed by atoms with Gasteiger partial charge in [0.15, 0.2) is 0 Å². The Bertz CT molecular complexity index is 1100. The summed E-state index contributed by atoms with van der Waals surface area (Å²) in [6.07, 6.45) is 1.41. The molecule has 0 unspecified atom stereocenters. The standard InChI is InChI=1S/C24H22ClN3O4/c1-31-20-12-10-17(11-13-20)14-26-23(29)24(30)28-27-15-18-6-3-5-9-22(18)32-16-19-7-2-4-8-21(19)25/h2-13,15H,14,16H2,1H3,(H,26,29)(H,28,30)/b27-15-.